The molecule has 1 atom stereocenters. The van der Waals surface area contributed by atoms with Gasteiger partial charge in [0.25, 0.3) is 5.92 Å². The standard InChI is InChI=1S/C12H12F2O/c1-8(15)9-4-2-3-5-10(9)11-6-7-12(11,13)14/h2-5,11H,6-7H2,1H3. The van der Waals surface area contributed by atoms with Crippen molar-refractivity contribution in [2.24, 2.45) is 0 Å². The van der Waals surface area contributed by atoms with E-state index in [1.54, 1.807) is 24.3 Å². The van der Waals surface area contributed by atoms with Gasteiger partial charge in [0.1, 0.15) is 0 Å². The molecule has 1 nitrogen and oxygen atoms in total. The number of rotatable bonds is 2. The molecule has 3 heteroatoms. The molecule has 1 saturated carbocycles. The summed E-state index contributed by atoms with van der Waals surface area (Å²) in [6.07, 6.45) is 0.404. The van der Waals surface area contributed by atoms with Gasteiger partial charge in [-0.2, -0.15) is 0 Å². The molecule has 80 valence electrons. The lowest BCUT2D eigenvalue weighted by atomic mass is 9.74. The first-order valence-corrected chi connectivity index (χ1v) is 5.00. The van der Waals surface area contributed by atoms with Crippen molar-refractivity contribution in [2.45, 2.75) is 31.6 Å². The predicted molar refractivity (Wildman–Crippen MR) is 53.4 cm³/mol. The molecule has 0 saturated heterocycles. The van der Waals surface area contributed by atoms with Gasteiger partial charge in [0.05, 0.1) is 0 Å². The Morgan fingerprint density at radius 3 is 2.53 bits per heavy atom. The van der Waals surface area contributed by atoms with Crippen LogP contribution in [0.4, 0.5) is 8.78 Å². The monoisotopic (exact) mass is 210 g/mol. The smallest absolute Gasteiger partial charge is 0.254 e. The van der Waals surface area contributed by atoms with Crippen LogP contribution in [0.1, 0.15) is 41.6 Å². The van der Waals surface area contributed by atoms with E-state index in [0.29, 0.717) is 17.5 Å². The minimum absolute atomic E-state index is 0.0656. The van der Waals surface area contributed by atoms with Crippen molar-refractivity contribution in [2.75, 3.05) is 0 Å². The van der Waals surface area contributed by atoms with Crippen LogP contribution in [0.3, 0.4) is 0 Å². The van der Waals surface area contributed by atoms with Crippen LogP contribution >= 0.6 is 0 Å². The quantitative estimate of drug-likeness (QED) is 0.684. The first-order valence-electron chi connectivity index (χ1n) is 5.00. The van der Waals surface area contributed by atoms with Gasteiger partial charge in [0.2, 0.25) is 0 Å². The number of benzene rings is 1. The van der Waals surface area contributed by atoms with E-state index in [4.69, 9.17) is 0 Å². The van der Waals surface area contributed by atoms with E-state index in [0.717, 1.165) is 0 Å². The van der Waals surface area contributed by atoms with Gasteiger partial charge in [0.15, 0.2) is 5.78 Å². The van der Waals surface area contributed by atoms with Gasteiger partial charge in [-0.25, -0.2) is 8.78 Å². The number of alkyl halides is 2. The molecule has 1 aliphatic rings. The molecule has 1 unspecified atom stereocenters. The number of hydrogen-bond acceptors (Lipinski definition) is 1. The number of carbonyl (C=O) groups is 1. The van der Waals surface area contributed by atoms with Crippen molar-refractivity contribution in [1.29, 1.82) is 0 Å². The molecule has 0 amide bonds. The Bertz CT molecular complexity index is 398. The van der Waals surface area contributed by atoms with Crippen molar-refractivity contribution in [3.05, 3.63) is 35.4 Å². The molecular weight excluding hydrogens is 198 g/mol. The third-order valence-electron chi connectivity index (χ3n) is 2.99. The average Bonchev–Trinajstić information content (AvgIpc) is 2.17. The highest BCUT2D eigenvalue weighted by Crippen LogP contribution is 2.50. The van der Waals surface area contributed by atoms with E-state index in [2.05, 4.69) is 0 Å². The SMILES string of the molecule is CC(=O)c1ccccc1C1CCC1(F)F. The fraction of sp³-hybridized carbons (Fsp3) is 0.417. The molecule has 0 bridgehead atoms. The predicted octanol–water partition coefficient (Wildman–Crippen LogP) is 3.40. The van der Waals surface area contributed by atoms with Gasteiger partial charge in [-0.05, 0) is 18.9 Å². The van der Waals surface area contributed by atoms with Crippen LogP contribution in [-0.2, 0) is 0 Å². The summed E-state index contributed by atoms with van der Waals surface area (Å²) >= 11 is 0. The van der Waals surface area contributed by atoms with Gasteiger partial charge in [-0.1, -0.05) is 24.3 Å². The maximum absolute atomic E-state index is 13.2. The lowest BCUT2D eigenvalue weighted by molar-refractivity contribution is -0.0963. The molecule has 1 aromatic carbocycles. The van der Waals surface area contributed by atoms with Gasteiger partial charge in [-0.3, -0.25) is 4.79 Å². The first-order chi connectivity index (χ1) is 7.02. The molecule has 0 radical (unpaired) electrons. The Morgan fingerprint density at radius 2 is 2.07 bits per heavy atom. The highest BCUT2D eigenvalue weighted by molar-refractivity contribution is 5.95. The molecule has 0 aromatic heterocycles. The van der Waals surface area contributed by atoms with Crippen molar-refractivity contribution >= 4 is 5.78 Å². The van der Waals surface area contributed by atoms with Crippen LogP contribution in [0.2, 0.25) is 0 Å². The minimum Gasteiger partial charge on any atom is -0.295 e. The Morgan fingerprint density at radius 1 is 1.40 bits per heavy atom. The summed E-state index contributed by atoms with van der Waals surface area (Å²) in [6, 6.07) is 6.66. The minimum atomic E-state index is -2.63. The fourth-order valence-corrected chi connectivity index (χ4v) is 2.01. The zero-order valence-electron chi connectivity index (χ0n) is 8.47. The normalized spacial score (nSPS) is 23.3. The lowest BCUT2D eigenvalue weighted by Gasteiger charge is -2.37. The van der Waals surface area contributed by atoms with Crippen LogP contribution in [0.15, 0.2) is 24.3 Å². The third-order valence-corrected chi connectivity index (χ3v) is 2.99. The second-order valence-corrected chi connectivity index (χ2v) is 4.00. The number of halogens is 2. The number of Topliss-reactive ketones (excluding diaryl/α,β-unsaturated/α-hetero) is 1. The van der Waals surface area contributed by atoms with E-state index >= 15 is 0 Å². The van der Waals surface area contributed by atoms with E-state index in [1.807, 2.05) is 0 Å². The number of ketones is 1. The lowest BCUT2D eigenvalue weighted by Crippen LogP contribution is -2.37. The zero-order chi connectivity index (χ0) is 11.1. The summed E-state index contributed by atoms with van der Waals surface area (Å²) < 4.78 is 26.4. The van der Waals surface area contributed by atoms with E-state index in [-0.39, 0.29) is 12.2 Å². The maximum Gasteiger partial charge on any atom is 0.254 e. The second kappa shape index (κ2) is 3.40. The Labute approximate surface area is 87.1 Å². The summed E-state index contributed by atoms with van der Waals surface area (Å²) in [4.78, 5) is 11.3. The van der Waals surface area contributed by atoms with Crippen LogP contribution in [0, 0.1) is 0 Å². The Balaban J connectivity index is 2.40. The molecule has 0 spiro atoms. The summed E-state index contributed by atoms with van der Waals surface area (Å²) in [5, 5.41) is 0. The zero-order valence-corrected chi connectivity index (χ0v) is 8.47. The molecule has 2 rings (SSSR count). The summed E-state index contributed by atoms with van der Waals surface area (Å²) in [6.45, 7) is 1.41. The largest absolute Gasteiger partial charge is 0.295 e. The molecule has 0 N–H and O–H groups in total. The first kappa shape index (κ1) is 10.3. The maximum atomic E-state index is 13.2. The van der Waals surface area contributed by atoms with Gasteiger partial charge < -0.3 is 0 Å². The van der Waals surface area contributed by atoms with Crippen molar-refractivity contribution in [3.8, 4) is 0 Å². The molecule has 1 aliphatic carbocycles. The Kier molecular flexibility index (Phi) is 2.33. The van der Waals surface area contributed by atoms with Crippen LogP contribution in [0.25, 0.3) is 0 Å². The van der Waals surface area contributed by atoms with Crippen molar-refractivity contribution in [1.82, 2.24) is 0 Å². The molecular formula is C12H12F2O. The van der Waals surface area contributed by atoms with Crippen LogP contribution < -0.4 is 0 Å². The molecule has 0 aliphatic heterocycles. The van der Waals surface area contributed by atoms with Gasteiger partial charge in [0, 0.05) is 17.9 Å². The van der Waals surface area contributed by atoms with Crippen molar-refractivity contribution in [3.63, 3.8) is 0 Å². The Hall–Kier alpha value is -1.25. The average molecular weight is 210 g/mol. The third kappa shape index (κ3) is 1.66. The fourth-order valence-electron chi connectivity index (χ4n) is 2.01. The van der Waals surface area contributed by atoms with E-state index in [9.17, 15) is 13.6 Å². The molecule has 1 fully saturated rings. The number of hydrogen-bond donors (Lipinski definition) is 0. The summed E-state index contributed by atoms with van der Waals surface area (Å²) in [5.74, 6) is -3.54. The summed E-state index contributed by atoms with van der Waals surface area (Å²) in [5.41, 5.74) is 0.933. The highest BCUT2D eigenvalue weighted by atomic mass is 19.3. The molecule has 1 aromatic rings. The highest BCUT2D eigenvalue weighted by Gasteiger charge is 2.49. The van der Waals surface area contributed by atoms with Crippen molar-refractivity contribution < 1.29 is 13.6 Å². The molecule has 0 heterocycles. The van der Waals surface area contributed by atoms with E-state index in [1.165, 1.54) is 6.92 Å². The topological polar surface area (TPSA) is 17.1 Å². The van der Waals surface area contributed by atoms with Crippen LogP contribution in [0.5, 0.6) is 0 Å². The summed E-state index contributed by atoms with van der Waals surface area (Å²) in [7, 11) is 0. The molecule has 15 heavy (non-hydrogen) atoms. The van der Waals surface area contributed by atoms with Gasteiger partial charge in [-0.15, -0.1) is 0 Å². The van der Waals surface area contributed by atoms with E-state index < -0.39 is 11.8 Å². The number of carbonyl (C=O) groups excluding carboxylic acids is 1. The van der Waals surface area contributed by atoms with Gasteiger partial charge >= 0.3 is 0 Å². The second-order valence-electron chi connectivity index (χ2n) is 4.00. The van der Waals surface area contributed by atoms with Crippen LogP contribution in [-0.4, -0.2) is 11.7 Å².